The van der Waals surface area contributed by atoms with E-state index in [0.29, 0.717) is 35.4 Å². The molecule has 0 radical (unpaired) electrons. The van der Waals surface area contributed by atoms with Gasteiger partial charge in [0, 0.05) is 11.6 Å². The van der Waals surface area contributed by atoms with Crippen molar-refractivity contribution < 1.29 is 14.6 Å². The Morgan fingerprint density at radius 1 is 1.07 bits per heavy atom. The third-order valence-electron chi connectivity index (χ3n) is 4.62. The monoisotopic (exact) mass is 400 g/mol. The Hall–Kier alpha value is -4.00. The first-order chi connectivity index (χ1) is 14.5. The number of carboxylic acid groups (broad SMARTS) is 1. The maximum Gasteiger partial charge on any atom is 0.339 e. The second-order valence-corrected chi connectivity index (χ2v) is 6.74. The smallest absolute Gasteiger partial charge is 0.339 e. The van der Waals surface area contributed by atoms with Crippen molar-refractivity contribution in [2.75, 3.05) is 0 Å². The van der Waals surface area contributed by atoms with Crippen LogP contribution in [0.2, 0.25) is 0 Å². The van der Waals surface area contributed by atoms with Gasteiger partial charge in [0.05, 0.1) is 11.9 Å². The summed E-state index contributed by atoms with van der Waals surface area (Å²) in [4.78, 5) is 20.7. The van der Waals surface area contributed by atoms with Crippen molar-refractivity contribution in [3.63, 3.8) is 0 Å². The van der Waals surface area contributed by atoms with Crippen molar-refractivity contribution in [2.45, 2.75) is 20.3 Å². The zero-order chi connectivity index (χ0) is 21.1. The molecule has 0 bridgehead atoms. The summed E-state index contributed by atoms with van der Waals surface area (Å²) in [5, 5.41) is 13.7. The van der Waals surface area contributed by atoms with Crippen LogP contribution in [0.25, 0.3) is 17.2 Å². The molecule has 2 aromatic heterocycles. The summed E-state index contributed by atoms with van der Waals surface area (Å²) in [6.45, 7) is 3.88. The second-order valence-electron chi connectivity index (χ2n) is 6.74. The van der Waals surface area contributed by atoms with Gasteiger partial charge < -0.3 is 9.84 Å². The second kappa shape index (κ2) is 8.16. The molecule has 0 saturated heterocycles. The van der Waals surface area contributed by atoms with Crippen molar-refractivity contribution in [3.05, 3.63) is 83.7 Å². The van der Waals surface area contributed by atoms with Gasteiger partial charge in [-0.25, -0.2) is 14.5 Å². The molecule has 0 fully saturated rings. The molecule has 4 aromatic rings. The Balaban J connectivity index is 1.84. The van der Waals surface area contributed by atoms with Crippen molar-refractivity contribution in [1.82, 2.24) is 19.7 Å². The number of benzene rings is 2. The maximum absolute atomic E-state index is 11.5. The van der Waals surface area contributed by atoms with E-state index in [4.69, 9.17) is 4.74 Å². The highest BCUT2D eigenvalue weighted by atomic mass is 16.5. The Morgan fingerprint density at radius 3 is 2.47 bits per heavy atom. The molecule has 0 aliphatic rings. The third-order valence-corrected chi connectivity index (χ3v) is 4.62. The molecule has 2 aromatic carbocycles. The number of ether oxygens (including phenoxy) is 1. The lowest BCUT2D eigenvalue weighted by atomic mass is 10.2. The first kappa shape index (κ1) is 19.3. The predicted molar refractivity (Wildman–Crippen MR) is 112 cm³/mol. The number of carboxylic acids is 1. The quantitative estimate of drug-likeness (QED) is 0.505. The highest BCUT2D eigenvalue weighted by Crippen LogP contribution is 2.26. The summed E-state index contributed by atoms with van der Waals surface area (Å²) < 4.78 is 7.50. The average molecular weight is 400 g/mol. The van der Waals surface area contributed by atoms with Gasteiger partial charge in [-0.05, 0) is 25.5 Å². The minimum Gasteiger partial charge on any atom is -0.478 e. The van der Waals surface area contributed by atoms with E-state index in [-0.39, 0.29) is 5.56 Å². The lowest BCUT2D eigenvalue weighted by molar-refractivity contribution is 0.0695. The van der Waals surface area contributed by atoms with Gasteiger partial charge in [0.2, 0.25) is 5.88 Å². The van der Waals surface area contributed by atoms with E-state index < -0.39 is 5.97 Å². The molecule has 7 heteroatoms. The average Bonchev–Trinajstić information content (AvgIpc) is 3.20. The van der Waals surface area contributed by atoms with Crippen LogP contribution >= 0.6 is 0 Å². The van der Waals surface area contributed by atoms with Crippen LogP contribution in [-0.4, -0.2) is 30.8 Å². The molecule has 1 N–H and O–H groups in total. The lowest BCUT2D eigenvalue weighted by Crippen LogP contribution is -2.09. The molecule has 2 heterocycles. The number of hydrogen-bond donors (Lipinski definition) is 1. The fourth-order valence-corrected chi connectivity index (χ4v) is 3.11. The van der Waals surface area contributed by atoms with Gasteiger partial charge in [-0.2, -0.15) is 10.1 Å². The molecule has 4 rings (SSSR count). The molecule has 0 unspecified atom stereocenters. The molecule has 0 aliphatic carbocycles. The van der Waals surface area contributed by atoms with Crippen LogP contribution in [0.5, 0.6) is 11.6 Å². The topological polar surface area (TPSA) is 90.1 Å². The molecule has 0 aliphatic heterocycles. The molecular formula is C23H20N4O3. The number of aromatic carboxylic acids is 1. The zero-order valence-corrected chi connectivity index (χ0v) is 16.6. The summed E-state index contributed by atoms with van der Waals surface area (Å²) in [6, 6.07) is 18.8. The summed E-state index contributed by atoms with van der Waals surface area (Å²) in [6.07, 6.45) is 1.83. The van der Waals surface area contributed by atoms with E-state index in [0.717, 1.165) is 11.1 Å². The third kappa shape index (κ3) is 3.91. The van der Waals surface area contributed by atoms with Gasteiger partial charge >= 0.3 is 5.97 Å². The summed E-state index contributed by atoms with van der Waals surface area (Å²) in [7, 11) is 0. The van der Waals surface area contributed by atoms with Gasteiger partial charge in [0.25, 0.3) is 0 Å². The van der Waals surface area contributed by atoms with Gasteiger partial charge in [-0.15, -0.1) is 0 Å². The molecule has 7 nitrogen and oxygen atoms in total. The van der Waals surface area contributed by atoms with Gasteiger partial charge in [-0.3, -0.25) is 0 Å². The molecular weight excluding hydrogens is 380 g/mol. The molecule has 0 spiro atoms. The summed E-state index contributed by atoms with van der Waals surface area (Å²) in [5.74, 6) is 0.871. The molecule has 0 amide bonds. The van der Waals surface area contributed by atoms with Crippen LogP contribution in [0, 0.1) is 6.92 Å². The Labute approximate surface area is 173 Å². The number of aromatic nitrogens is 4. The van der Waals surface area contributed by atoms with E-state index in [1.807, 2.05) is 68.4 Å². The van der Waals surface area contributed by atoms with Crippen molar-refractivity contribution >= 4 is 5.97 Å². The highest BCUT2D eigenvalue weighted by molar-refractivity contribution is 5.88. The number of aryl methyl sites for hydroxylation is 1. The van der Waals surface area contributed by atoms with Crippen LogP contribution < -0.4 is 4.74 Å². The Kier molecular flexibility index (Phi) is 5.26. The van der Waals surface area contributed by atoms with Crippen LogP contribution in [0.4, 0.5) is 0 Å². The number of rotatable bonds is 6. The fraction of sp³-hybridized carbons (Fsp3) is 0.130. The minimum absolute atomic E-state index is 0.151. The van der Waals surface area contributed by atoms with Crippen molar-refractivity contribution in [3.8, 4) is 28.8 Å². The molecule has 150 valence electrons. The van der Waals surface area contributed by atoms with Crippen LogP contribution in [-0.2, 0) is 6.42 Å². The van der Waals surface area contributed by atoms with Crippen LogP contribution in [0.1, 0.15) is 28.5 Å². The maximum atomic E-state index is 11.5. The zero-order valence-electron chi connectivity index (χ0n) is 16.6. The SMILES string of the molecule is CCc1c(C(=O)O)cnn1-c1cc(Oc2ccc(C)cc2)nc(-c2ccccc2)n1. The van der Waals surface area contributed by atoms with Crippen molar-refractivity contribution in [2.24, 2.45) is 0 Å². The van der Waals surface area contributed by atoms with Crippen LogP contribution in [0.3, 0.4) is 0 Å². The van der Waals surface area contributed by atoms with Gasteiger partial charge in [-0.1, -0.05) is 55.0 Å². The van der Waals surface area contributed by atoms with E-state index in [1.54, 1.807) is 6.07 Å². The van der Waals surface area contributed by atoms with Gasteiger partial charge in [0.1, 0.15) is 11.3 Å². The van der Waals surface area contributed by atoms with E-state index in [9.17, 15) is 9.90 Å². The number of hydrogen-bond acceptors (Lipinski definition) is 5. The van der Waals surface area contributed by atoms with Gasteiger partial charge in [0.15, 0.2) is 11.6 Å². The highest BCUT2D eigenvalue weighted by Gasteiger charge is 2.19. The Morgan fingerprint density at radius 2 is 1.80 bits per heavy atom. The molecule has 30 heavy (non-hydrogen) atoms. The standard InChI is InChI=1S/C23H20N4O3/c1-3-19-18(23(28)29)14-24-27(19)20-13-21(30-17-11-9-15(2)10-12-17)26-22(25-20)16-7-5-4-6-8-16/h4-14H,3H2,1-2H3,(H,28,29). The van der Waals surface area contributed by atoms with Crippen molar-refractivity contribution in [1.29, 1.82) is 0 Å². The molecule has 0 saturated carbocycles. The lowest BCUT2D eigenvalue weighted by Gasteiger charge is -2.11. The van der Waals surface area contributed by atoms with E-state index >= 15 is 0 Å². The normalized spacial score (nSPS) is 10.7. The summed E-state index contributed by atoms with van der Waals surface area (Å²) >= 11 is 0. The fourth-order valence-electron chi connectivity index (χ4n) is 3.11. The van der Waals surface area contributed by atoms with E-state index in [1.165, 1.54) is 10.9 Å². The van der Waals surface area contributed by atoms with Crippen LogP contribution in [0.15, 0.2) is 66.9 Å². The molecule has 0 atom stereocenters. The minimum atomic E-state index is -1.02. The largest absolute Gasteiger partial charge is 0.478 e. The number of nitrogens with zero attached hydrogens (tertiary/aromatic N) is 4. The Bertz CT molecular complexity index is 1190. The van der Waals surface area contributed by atoms with E-state index in [2.05, 4.69) is 15.1 Å². The first-order valence-corrected chi connectivity index (χ1v) is 9.54. The summed E-state index contributed by atoms with van der Waals surface area (Å²) in [5.41, 5.74) is 2.65. The first-order valence-electron chi connectivity index (χ1n) is 9.54. The number of carbonyl (C=O) groups is 1. The predicted octanol–water partition coefficient (Wildman–Crippen LogP) is 4.69.